The zero-order valence-corrected chi connectivity index (χ0v) is 14.1. The van der Waals surface area contributed by atoms with Crippen LogP contribution in [0, 0.1) is 0 Å². The van der Waals surface area contributed by atoms with E-state index in [1.807, 2.05) is 6.92 Å². The molecule has 0 bridgehead atoms. The molecular formula is C16H17ClF3N3O2. The van der Waals surface area contributed by atoms with Crippen molar-refractivity contribution in [2.45, 2.75) is 25.6 Å². The first-order valence-corrected chi connectivity index (χ1v) is 7.86. The highest BCUT2D eigenvalue weighted by molar-refractivity contribution is 6.29. The van der Waals surface area contributed by atoms with Crippen molar-refractivity contribution < 1.29 is 23.0 Å². The Morgan fingerprint density at radius 1 is 1.36 bits per heavy atom. The predicted octanol–water partition coefficient (Wildman–Crippen LogP) is 3.92. The molecule has 2 heterocycles. The number of aliphatic hydroxyl groups excluding tert-OH is 1. The van der Waals surface area contributed by atoms with Gasteiger partial charge in [-0.15, -0.1) is 0 Å². The van der Waals surface area contributed by atoms with Gasteiger partial charge in [0.25, 0.3) is 0 Å². The van der Waals surface area contributed by atoms with E-state index in [4.69, 9.17) is 21.4 Å². The van der Waals surface area contributed by atoms with Crippen molar-refractivity contribution in [2.24, 2.45) is 0 Å². The minimum absolute atomic E-state index is 0.00809. The first-order chi connectivity index (χ1) is 11.8. The molecule has 0 aliphatic heterocycles. The van der Waals surface area contributed by atoms with E-state index in [1.54, 1.807) is 6.07 Å². The number of alkyl halides is 3. The van der Waals surface area contributed by atoms with Crippen molar-refractivity contribution in [3.8, 4) is 17.0 Å². The Labute approximate surface area is 147 Å². The lowest BCUT2D eigenvalue weighted by atomic mass is 10.1. The van der Waals surface area contributed by atoms with Crippen molar-refractivity contribution in [3.05, 3.63) is 35.7 Å². The summed E-state index contributed by atoms with van der Waals surface area (Å²) in [6.45, 7) is 0.427. The Hall–Kier alpha value is -2.06. The van der Waals surface area contributed by atoms with E-state index in [0.29, 0.717) is 17.7 Å². The molecule has 0 aliphatic carbocycles. The van der Waals surface area contributed by atoms with Crippen LogP contribution in [0.3, 0.4) is 0 Å². The topological polar surface area (TPSA) is 67.3 Å². The summed E-state index contributed by atoms with van der Waals surface area (Å²) in [4.78, 5) is 8.11. The van der Waals surface area contributed by atoms with Crippen LogP contribution < -0.4 is 10.1 Å². The lowest BCUT2D eigenvalue weighted by molar-refractivity contribution is -0.153. The molecule has 0 fully saturated rings. The average Bonchev–Trinajstić information content (AvgIpc) is 2.53. The lowest BCUT2D eigenvalue weighted by Gasteiger charge is -2.18. The van der Waals surface area contributed by atoms with Gasteiger partial charge < -0.3 is 15.2 Å². The largest absolute Gasteiger partial charge is 0.482 e. The molecule has 2 aromatic rings. The second kappa shape index (κ2) is 8.35. The molecule has 0 spiro atoms. The molecule has 0 aromatic carbocycles. The fraction of sp³-hybridized carbons (Fsp3) is 0.375. The number of hydrogen-bond donors (Lipinski definition) is 2. The predicted molar refractivity (Wildman–Crippen MR) is 88.8 cm³/mol. The Balaban J connectivity index is 2.38. The molecule has 5 nitrogen and oxygen atoms in total. The van der Waals surface area contributed by atoms with Gasteiger partial charge >= 0.3 is 6.18 Å². The zero-order chi connectivity index (χ0) is 18.4. The van der Waals surface area contributed by atoms with E-state index in [9.17, 15) is 13.2 Å². The van der Waals surface area contributed by atoms with E-state index < -0.39 is 12.8 Å². The number of nitrogens with zero attached hydrogens (tertiary/aromatic N) is 2. The maximum atomic E-state index is 12.5. The molecule has 136 valence electrons. The monoisotopic (exact) mass is 375 g/mol. The van der Waals surface area contributed by atoms with Crippen molar-refractivity contribution in [2.75, 3.05) is 18.5 Å². The van der Waals surface area contributed by atoms with Crippen molar-refractivity contribution in [3.63, 3.8) is 0 Å². The van der Waals surface area contributed by atoms with E-state index >= 15 is 0 Å². The SMILES string of the molecule is C[C@@H](CCO)Nc1cc(Cl)ncc1-c1ncccc1OCC(F)(F)F. The average molecular weight is 376 g/mol. The molecule has 0 aliphatic rings. The van der Waals surface area contributed by atoms with Crippen LogP contribution in [0.2, 0.25) is 5.15 Å². The van der Waals surface area contributed by atoms with Gasteiger partial charge in [0, 0.05) is 36.3 Å². The third kappa shape index (κ3) is 5.75. The highest BCUT2D eigenvalue weighted by atomic mass is 35.5. The highest BCUT2D eigenvalue weighted by Gasteiger charge is 2.29. The molecule has 2 N–H and O–H groups in total. The summed E-state index contributed by atoms with van der Waals surface area (Å²) in [6, 6.07) is 4.35. The minimum Gasteiger partial charge on any atom is -0.482 e. The molecule has 25 heavy (non-hydrogen) atoms. The smallest absolute Gasteiger partial charge is 0.422 e. The maximum absolute atomic E-state index is 12.5. The van der Waals surface area contributed by atoms with Crippen molar-refractivity contribution in [1.29, 1.82) is 0 Å². The number of pyridine rings is 2. The first-order valence-electron chi connectivity index (χ1n) is 7.48. The van der Waals surface area contributed by atoms with E-state index in [1.165, 1.54) is 24.5 Å². The highest BCUT2D eigenvalue weighted by Crippen LogP contribution is 2.35. The number of anilines is 1. The third-order valence-electron chi connectivity index (χ3n) is 3.25. The van der Waals surface area contributed by atoms with Crippen LogP contribution >= 0.6 is 11.6 Å². The fourth-order valence-corrected chi connectivity index (χ4v) is 2.30. The van der Waals surface area contributed by atoms with Gasteiger partial charge in [0.15, 0.2) is 6.61 Å². The summed E-state index contributed by atoms with van der Waals surface area (Å²) < 4.78 is 42.2. The molecule has 0 amide bonds. The molecule has 2 rings (SSSR count). The fourth-order valence-electron chi connectivity index (χ4n) is 2.14. The summed E-state index contributed by atoms with van der Waals surface area (Å²) in [5.41, 5.74) is 1.21. The van der Waals surface area contributed by atoms with Crippen LogP contribution in [0.5, 0.6) is 5.75 Å². The summed E-state index contributed by atoms with van der Waals surface area (Å²) in [6.07, 6.45) is -1.11. The molecule has 0 saturated heterocycles. The Bertz CT molecular complexity index is 713. The van der Waals surface area contributed by atoms with Gasteiger partial charge in [-0.25, -0.2) is 4.98 Å². The van der Waals surface area contributed by atoms with E-state index in [0.717, 1.165) is 0 Å². The molecule has 0 unspecified atom stereocenters. The quantitative estimate of drug-likeness (QED) is 0.718. The number of halogens is 4. The Morgan fingerprint density at radius 2 is 2.12 bits per heavy atom. The molecule has 1 atom stereocenters. The van der Waals surface area contributed by atoms with Crippen molar-refractivity contribution in [1.82, 2.24) is 9.97 Å². The van der Waals surface area contributed by atoms with Gasteiger partial charge in [-0.1, -0.05) is 11.6 Å². The zero-order valence-electron chi connectivity index (χ0n) is 13.3. The summed E-state index contributed by atoms with van der Waals surface area (Å²) in [5.74, 6) is -0.0122. The van der Waals surface area contributed by atoms with Gasteiger partial charge in [0.05, 0.1) is 0 Å². The lowest BCUT2D eigenvalue weighted by Crippen LogP contribution is -2.20. The summed E-state index contributed by atoms with van der Waals surface area (Å²) in [7, 11) is 0. The number of aliphatic hydroxyl groups is 1. The van der Waals surface area contributed by atoms with Gasteiger partial charge in [-0.05, 0) is 31.5 Å². The molecule has 0 radical (unpaired) electrons. The maximum Gasteiger partial charge on any atom is 0.422 e. The van der Waals surface area contributed by atoms with E-state index in [-0.39, 0.29) is 29.2 Å². The molecular weight excluding hydrogens is 359 g/mol. The standard InChI is InChI=1S/C16H17ClF3N3O2/c1-10(4-6-24)23-12-7-14(17)22-8-11(12)15-13(3-2-5-21-15)25-9-16(18,19)20/h2-3,5,7-8,10,24H,4,6,9H2,1H3,(H,22,23)/t10-/m0/s1. The van der Waals surface area contributed by atoms with Crippen LogP contribution in [-0.2, 0) is 0 Å². The summed E-state index contributed by atoms with van der Waals surface area (Å²) >= 11 is 5.92. The van der Waals surface area contributed by atoms with Crippen LogP contribution in [0.4, 0.5) is 18.9 Å². The van der Waals surface area contributed by atoms with Gasteiger partial charge in [0.2, 0.25) is 0 Å². The number of hydrogen-bond acceptors (Lipinski definition) is 5. The van der Waals surface area contributed by atoms with Gasteiger partial charge in [-0.2, -0.15) is 13.2 Å². The van der Waals surface area contributed by atoms with Crippen LogP contribution in [0.1, 0.15) is 13.3 Å². The molecule has 9 heteroatoms. The third-order valence-corrected chi connectivity index (χ3v) is 3.46. The number of aromatic nitrogens is 2. The molecule has 0 saturated carbocycles. The number of nitrogens with one attached hydrogen (secondary N) is 1. The van der Waals surface area contributed by atoms with Crippen LogP contribution in [0.15, 0.2) is 30.6 Å². The second-order valence-corrected chi connectivity index (χ2v) is 5.75. The summed E-state index contributed by atoms with van der Waals surface area (Å²) in [5, 5.41) is 12.4. The normalized spacial score (nSPS) is 12.7. The Morgan fingerprint density at radius 3 is 2.80 bits per heavy atom. The Kier molecular flexibility index (Phi) is 6.44. The van der Waals surface area contributed by atoms with Gasteiger partial charge in [0.1, 0.15) is 16.6 Å². The molecule has 2 aromatic heterocycles. The van der Waals surface area contributed by atoms with Crippen molar-refractivity contribution >= 4 is 17.3 Å². The second-order valence-electron chi connectivity index (χ2n) is 5.36. The van der Waals surface area contributed by atoms with Gasteiger partial charge in [-0.3, -0.25) is 4.98 Å². The first kappa shape index (κ1) is 19.3. The number of rotatable bonds is 7. The van der Waals surface area contributed by atoms with E-state index in [2.05, 4.69) is 15.3 Å². The van der Waals surface area contributed by atoms with Crippen LogP contribution in [0.25, 0.3) is 11.3 Å². The van der Waals surface area contributed by atoms with Crippen LogP contribution in [-0.4, -0.2) is 40.5 Å². The minimum atomic E-state index is -4.46. The number of ether oxygens (including phenoxy) is 1.